The van der Waals surface area contributed by atoms with E-state index in [0.717, 1.165) is 58.2 Å². The third-order valence-electron chi connectivity index (χ3n) is 5.10. The minimum absolute atomic E-state index is 0. The molecule has 0 radical (unpaired) electrons. The lowest BCUT2D eigenvalue weighted by Gasteiger charge is -2.42. The number of carbonyl (C=O) groups excluding carboxylic acids is 1. The quantitative estimate of drug-likeness (QED) is 0.823. The zero-order chi connectivity index (χ0) is 14.0. The number of halogens is 2. The number of methoxy groups -OCH3 is 1. The van der Waals surface area contributed by atoms with Crippen LogP contribution in [0.1, 0.15) is 25.7 Å². The van der Waals surface area contributed by atoms with Crippen molar-refractivity contribution in [1.82, 2.24) is 15.1 Å². The van der Waals surface area contributed by atoms with Crippen molar-refractivity contribution in [2.75, 3.05) is 53.0 Å². The van der Waals surface area contributed by atoms with Gasteiger partial charge >= 0.3 is 0 Å². The molecule has 3 fully saturated rings. The number of nitrogens with zero attached hydrogens (tertiary/aromatic N) is 2. The highest BCUT2D eigenvalue weighted by atomic mass is 35.5. The summed E-state index contributed by atoms with van der Waals surface area (Å²) >= 11 is 0. The highest BCUT2D eigenvalue weighted by molar-refractivity contribution is 5.85. The van der Waals surface area contributed by atoms with Crippen molar-refractivity contribution in [3.05, 3.63) is 0 Å². The molecule has 3 aliphatic rings. The Morgan fingerprint density at radius 3 is 2.23 bits per heavy atom. The van der Waals surface area contributed by atoms with Gasteiger partial charge in [-0.05, 0) is 38.8 Å². The highest BCUT2D eigenvalue weighted by Gasteiger charge is 2.43. The summed E-state index contributed by atoms with van der Waals surface area (Å²) in [4.78, 5) is 17.6. The Balaban J connectivity index is 0.00000121. The van der Waals surface area contributed by atoms with Gasteiger partial charge in [-0.2, -0.15) is 0 Å². The number of nitrogens with one attached hydrogen (secondary N) is 1. The van der Waals surface area contributed by atoms with E-state index in [1.807, 2.05) is 0 Å². The molecule has 2 aliphatic heterocycles. The molecule has 0 spiro atoms. The molecule has 7 heteroatoms. The van der Waals surface area contributed by atoms with Gasteiger partial charge in [0.15, 0.2) is 0 Å². The highest BCUT2D eigenvalue weighted by Crippen LogP contribution is 2.33. The molecule has 0 unspecified atom stereocenters. The van der Waals surface area contributed by atoms with E-state index in [2.05, 4.69) is 15.1 Å². The molecule has 2 heterocycles. The van der Waals surface area contributed by atoms with Crippen LogP contribution in [0.5, 0.6) is 0 Å². The largest absolute Gasteiger partial charge is 0.384 e. The molecule has 0 aromatic rings. The van der Waals surface area contributed by atoms with E-state index < -0.39 is 0 Å². The van der Waals surface area contributed by atoms with Gasteiger partial charge in [-0.3, -0.25) is 9.69 Å². The van der Waals surface area contributed by atoms with E-state index in [4.69, 9.17) is 4.74 Å². The van der Waals surface area contributed by atoms with Crippen LogP contribution in [0.15, 0.2) is 0 Å². The summed E-state index contributed by atoms with van der Waals surface area (Å²) in [6.07, 6.45) is 4.52. The second kappa shape index (κ2) is 8.69. The number of hydrogen-bond acceptors (Lipinski definition) is 4. The average Bonchev–Trinajstić information content (AvgIpc) is 3.33. The molecule has 5 nitrogen and oxygen atoms in total. The summed E-state index contributed by atoms with van der Waals surface area (Å²) in [6, 6.07) is 0.819. The van der Waals surface area contributed by atoms with Gasteiger partial charge in [0, 0.05) is 39.3 Å². The van der Waals surface area contributed by atoms with Crippen LogP contribution >= 0.6 is 24.8 Å². The topological polar surface area (TPSA) is 44.8 Å². The van der Waals surface area contributed by atoms with Crippen molar-refractivity contribution in [2.24, 2.45) is 5.41 Å². The molecule has 1 aliphatic carbocycles. The van der Waals surface area contributed by atoms with Gasteiger partial charge in [0.05, 0.1) is 12.0 Å². The van der Waals surface area contributed by atoms with E-state index in [9.17, 15) is 4.79 Å². The van der Waals surface area contributed by atoms with Gasteiger partial charge < -0.3 is 15.0 Å². The maximum absolute atomic E-state index is 13.0. The summed E-state index contributed by atoms with van der Waals surface area (Å²) in [5.74, 6) is 0.330. The van der Waals surface area contributed by atoms with E-state index >= 15 is 0 Å². The molecule has 0 bridgehead atoms. The van der Waals surface area contributed by atoms with Gasteiger partial charge in [-0.25, -0.2) is 0 Å². The third-order valence-corrected chi connectivity index (χ3v) is 5.10. The van der Waals surface area contributed by atoms with Crippen molar-refractivity contribution < 1.29 is 9.53 Å². The van der Waals surface area contributed by atoms with Crippen LogP contribution in [-0.4, -0.2) is 74.7 Å². The molecule has 2 saturated heterocycles. The van der Waals surface area contributed by atoms with Crippen molar-refractivity contribution >= 4 is 30.7 Å². The van der Waals surface area contributed by atoms with Crippen molar-refractivity contribution in [2.45, 2.75) is 31.7 Å². The van der Waals surface area contributed by atoms with Crippen LogP contribution in [0.2, 0.25) is 0 Å². The molecule has 1 N–H and O–H groups in total. The lowest BCUT2D eigenvalue weighted by Crippen LogP contribution is -2.56. The Morgan fingerprint density at radius 2 is 1.73 bits per heavy atom. The Morgan fingerprint density at radius 1 is 1.14 bits per heavy atom. The van der Waals surface area contributed by atoms with E-state index in [1.54, 1.807) is 7.11 Å². The Bertz CT molecular complexity index is 347. The summed E-state index contributed by atoms with van der Waals surface area (Å²) in [5.41, 5.74) is -0.276. The number of amides is 1. The van der Waals surface area contributed by atoms with Crippen LogP contribution in [0.4, 0.5) is 0 Å². The number of piperazine rings is 1. The predicted octanol–water partition coefficient (Wildman–Crippen LogP) is 1.15. The van der Waals surface area contributed by atoms with E-state index in [1.165, 1.54) is 12.8 Å². The summed E-state index contributed by atoms with van der Waals surface area (Å²) in [6.45, 7) is 6.32. The van der Waals surface area contributed by atoms with Gasteiger partial charge in [-0.1, -0.05) is 0 Å². The molecule has 22 heavy (non-hydrogen) atoms. The second-order valence-corrected chi connectivity index (χ2v) is 6.52. The first-order valence-electron chi connectivity index (χ1n) is 7.98. The lowest BCUT2D eigenvalue weighted by atomic mass is 9.78. The zero-order valence-corrected chi connectivity index (χ0v) is 15.0. The third kappa shape index (κ3) is 4.26. The fourth-order valence-corrected chi connectivity index (χ4v) is 3.67. The lowest BCUT2D eigenvalue weighted by molar-refractivity contribution is -0.149. The number of carbonyl (C=O) groups is 1. The molecule has 0 aromatic heterocycles. The van der Waals surface area contributed by atoms with Crippen LogP contribution in [-0.2, 0) is 9.53 Å². The summed E-state index contributed by atoms with van der Waals surface area (Å²) < 4.78 is 5.38. The van der Waals surface area contributed by atoms with Crippen molar-refractivity contribution in [3.8, 4) is 0 Å². The molecule has 1 saturated carbocycles. The van der Waals surface area contributed by atoms with E-state index in [-0.39, 0.29) is 30.2 Å². The first-order valence-corrected chi connectivity index (χ1v) is 7.98. The summed E-state index contributed by atoms with van der Waals surface area (Å²) in [5, 5.41) is 3.35. The Hall–Kier alpha value is -0.0700. The molecule has 3 rings (SSSR count). The smallest absolute Gasteiger partial charge is 0.231 e. The average molecular weight is 354 g/mol. The number of piperidine rings is 1. The molecule has 130 valence electrons. The fourth-order valence-electron chi connectivity index (χ4n) is 3.67. The van der Waals surface area contributed by atoms with Crippen molar-refractivity contribution in [1.29, 1.82) is 0 Å². The Kier molecular flexibility index (Phi) is 7.89. The second-order valence-electron chi connectivity index (χ2n) is 6.52. The Labute approximate surface area is 145 Å². The first kappa shape index (κ1) is 20.0. The van der Waals surface area contributed by atoms with Crippen LogP contribution in [0, 0.1) is 5.41 Å². The standard InChI is InChI=1S/C15H27N3O2.2ClH/c1-20-12-15(4-6-16-7-5-15)14(19)18-10-8-17(9-11-18)13-2-3-13;;/h13,16H,2-12H2,1H3;2*1H. The summed E-state index contributed by atoms with van der Waals surface area (Å²) in [7, 11) is 1.71. The fraction of sp³-hybridized carbons (Fsp3) is 0.933. The number of hydrogen-bond donors (Lipinski definition) is 1. The van der Waals surface area contributed by atoms with Crippen molar-refractivity contribution in [3.63, 3.8) is 0 Å². The molecule has 0 atom stereocenters. The monoisotopic (exact) mass is 353 g/mol. The first-order chi connectivity index (χ1) is 9.75. The predicted molar refractivity (Wildman–Crippen MR) is 92.1 cm³/mol. The van der Waals surface area contributed by atoms with Gasteiger partial charge in [0.25, 0.3) is 0 Å². The minimum Gasteiger partial charge on any atom is -0.384 e. The normalized spacial score (nSPS) is 25.0. The molecular formula is C15H29Cl2N3O2. The van der Waals surface area contributed by atoms with Crippen LogP contribution < -0.4 is 5.32 Å². The SMILES string of the molecule is COCC1(C(=O)N2CCN(C3CC3)CC2)CCNCC1.Cl.Cl. The van der Waals surface area contributed by atoms with Crippen LogP contribution in [0.3, 0.4) is 0 Å². The minimum atomic E-state index is -0.276. The number of ether oxygens (including phenoxy) is 1. The number of rotatable bonds is 4. The molecular weight excluding hydrogens is 325 g/mol. The maximum Gasteiger partial charge on any atom is 0.231 e. The van der Waals surface area contributed by atoms with Gasteiger partial charge in [0.2, 0.25) is 5.91 Å². The zero-order valence-electron chi connectivity index (χ0n) is 13.4. The molecule has 0 aromatic carbocycles. The van der Waals surface area contributed by atoms with Crippen LogP contribution in [0.25, 0.3) is 0 Å². The molecule has 1 amide bonds. The van der Waals surface area contributed by atoms with Gasteiger partial charge in [0.1, 0.15) is 0 Å². The van der Waals surface area contributed by atoms with E-state index in [0.29, 0.717) is 12.5 Å². The van der Waals surface area contributed by atoms with Gasteiger partial charge in [-0.15, -0.1) is 24.8 Å². The maximum atomic E-state index is 13.0.